The summed E-state index contributed by atoms with van der Waals surface area (Å²) in [6, 6.07) is 7.56. The van der Waals surface area contributed by atoms with Gasteiger partial charge in [-0.1, -0.05) is 28.7 Å². The van der Waals surface area contributed by atoms with Crippen molar-refractivity contribution in [2.75, 3.05) is 20.2 Å². The molecule has 0 saturated carbocycles. The zero-order valence-corrected chi connectivity index (χ0v) is 16.6. The van der Waals surface area contributed by atoms with Gasteiger partial charge in [0.25, 0.3) is 11.8 Å². The van der Waals surface area contributed by atoms with E-state index in [1.165, 1.54) is 11.5 Å². The molecule has 8 nitrogen and oxygen atoms in total. The average Bonchev–Trinajstić information content (AvgIpc) is 3.43. The Morgan fingerprint density at radius 3 is 2.86 bits per heavy atom. The zero-order chi connectivity index (χ0) is 19.5. The van der Waals surface area contributed by atoms with Crippen LogP contribution in [-0.4, -0.2) is 50.7 Å². The molecule has 1 fully saturated rings. The maximum Gasteiger partial charge on any atom is 0.267 e. The van der Waals surface area contributed by atoms with Crippen LogP contribution >= 0.6 is 11.5 Å². The number of para-hydroxylation sites is 1. The Bertz CT molecular complexity index is 962. The number of methoxy groups -OCH3 is 1. The summed E-state index contributed by atoms with van der Waals surface area (Å²) < 4.78 is 14.8. The molecule has 146 valence electrons. The SMILES string of the molecule is CCc1nnsc1C(=O)N1CCC(c2noc(-c3ccccc3OC)n2)CC1. The summed E-state index contributed by atoms with van der Waals surface area (Å²) in [5, 5.41) is 8.21. The normalized spacial score (nSPS) is 15.0. The molecule has 1 aromatic carbocycles. The van der Waals surface area contributed by atoms with Crippen molar-refractivity contribution in [1.29, 1.82) is 0 Å². The molecule has 1 aliphatic rings. The summed E-state index contributed by atoms with van der Waals surface area (Å²) in [6.07, 6.45) is 2.30. The van der Waals surface area contributed by atoms with E-state index in [2.05, 4.69) is 19.7 Å². The highest BCUT2D eigenvalue weighted by Gasteiger charge is 2.29. The number of piperidine rings is 1. The summed E-state index contributed by atoms with van der Waals surface area (Å²) in [5.41, 5.74) is 1.55. The first-order valence-electron chi connectivity index (χ1n) is 9.28. The van der Waals surface area contributed by atoms with Crippen molar-refractivity contribution in [2.45, 2.75) is 32.1 Å². The van der Waals surface area contributed by atoms with Crippen LogP contribution in [0.15, 0.2) is 28.8 Å². The molecule has 28 heavy (non-hydrogen) atoms. The molecule has 0 N–H and O–H groups in total. The van der Waals surface area contributed by atoms with Crippen LogP contribution in [0.5, 0.6) is 5.75 Å². The van der Waals surface area contributed by atoms with Gasteiger partial charge in [0, 0.05) is 19.0 Å². The number of amides is 1. The largest absolute Gasteiger partial charge is 0.496 e. The second kappa shape index (κ2) is 8.05. The van der Waals surface area contributed by atoms with E-state index in [1.54, 1.807) is 7.11 Å². The molecule has 0 aliphatic carbocycles. The third-order valence-electron chi connectivity index (χ3n) is 5.01. The molecule has 2 aromatic heterocycles. The number of carbonyl (C=O) groups excluding carboxylic acids is 1. The van der Waals surface area contributed by atoms with E-state index >= 15 is 0 Å². The number of aromatic nitrogens is 4. The van der Waals surface area contributed by atoms with Crippen molar-refractivity contribution in [2.24, 2.45) is 0 Å². The molecule has 9 heteroatoms. The Morgan fingerprint density at radius 1 is 1.32 bits per heavy atom. The molecule has 3 heterocycles. The molecule has 0 radical (unpaired) electrons. The molecule has 0 unspecified atom stereocenters. The summed E-state index contributed by atoms with van der Waals surface area (Å²) in [7, 11) is 1.62. The third kappa shape index (κ3) is 3.49. The van der Waals surface area contributed by atoms with E-state index in [0.717, 1.165) is 24.1 Å². The minimum atomic E-state index is 0.0214. The van der Waals surface area contributed by atoms with E-state index < -0.39 is 0 Å². The maximum atomic E-state index is 12.7. The van der Waals surface area contributed by atoms with Gasteiger partial charge in [-0.25, -0.2) is 0 Å². The van der Waals surface area contributed by atoms with Crippen LogP contribution in [0.4, 0.5) is 0 Å². The van der Waals surface area contributed by atoms with Crippen LogP contribution in [0.3, 0.4) is 0 Å². The molecule has 1 amide bonds. The fourth-order valence-corrected chi connectivity index (χ4v) is 4.14. The highest BCUT2D eigenvalue weighted by atomic mass is 32.1. The number of hydrogen-bond acceptors (Lipinski definition) is 8. The summed E-state index contributed by atoms with van der Waals surface area (Å²) in [4.78, 5) is 19.8. The van der Waals surface area contributed by atoms with Crippen LogP contribution < -0.4 is 4.74 Å². The van der Waals surface area contributed by atoms with Gasteiger partial charge in [-0.3, -0.25) is 4.79 Å². The standard InChI is InChI=1S/C19H21N5O3S/c1-3-14-16(28-23-21-14)19(25)24-10-8-12(9-11-24)17-20-18(27-22-17)13-6-4-5-7-15(13)26-2/h4-7,12H,3,8-11H2,1-2H3. The van der Waals surface area contributed by atoms with E-state index in [9.17, 15) is 4.79 Å². The monoisotopic (exact) mass is 399 g/mol. The van der Waals surface area contributed by atoms with Gasteiger partial charge in [0.05, 0.1) is 18.4 Å². The van der Waals surface area contributed by atoms with E-state index in [4.69, 9.17) is 9.26 Å². The van der Waals surface area contributed by atoms with Gasteiger partial charge in [-0.2, -0.15) is 4.98 Å². The lowest BCUT2D eigenvalue weighted by Gasteiger charge is -2.30. The highest BCUT2D eigenvalue weighted by molar-refractivity contribution is 7.08. The summed E-state index contributed by atoms with van der Waals surface area (Å²) >= 11 is 1.17. The lowest BCUT2D eigenvalue weighted by Crippen LogP contribution is -2.38. The minimum Gasteiger partial charge on any atom is -0.496 e. The van der Waals surface area contributed by atoms with Crippen LogP contribution in [0, 0.1) is 0 Å². The van der Waals surface area contributed by atoms with Crippen LogP contribution in [-0.2, 0) is 6.42 Å². The predicted molar refractivity (Wildman–Crippen MR) is 103 cm³/mol. The lowest BCUT2D eigenvalue weighted by atomic mass is 9.96. The number of aryl methyl sites for hydroxylation is 1. The molecule has 4 rings (SSSR count). The molecule has 1 aliphatic heterocycles. The molecule has 1 saturated heterocycles. The summed E-state index contributed by atoms with van der Waals surface area (Å²) in [5.74, 6) is 2.02. The van der Waals surface area contributed by atoms with Gasteiger partial charge >= 0.3 is 0 Å². The number of nitrogens with zero attached hydrogens (tertiary/aromatic N) is 5. The molecular formula is C19H21N5O3S. The van der Waals surface area contributed by atoms with Crippen molar-refractivity contribution in [3.05, 3.63) is 40.7 Å². The molecular weight excluding hydrogens is 378 g/mol. The quantitative estimate of drug-likeness (QED) is 0.650. The molecule has 0 atom stereocenters. The van der Waals surface area contributed by atoms with E-state index in [0.29, 0.717) is 41.9 Å². The first kappa shape index (κ1) is 18.5. The Kier molecular flexibility index (Phi) is 5.34. The van der Waals surface area contributed by atoms with Crippen molar-refractivity contribution in [3.8, 4) is 17.2 Å². The third-order valence-corrected chi connectivity index (χ3v) is 5.77. The molecule has 3 aromatic rings. The van der Waals surface area contributed by atoms with Gasteiger partial charge in [0.15, 0.2) is 5.82 Å². The first-order valence-corrected chi connectivity index (χ1v) is 10.1. The van der Waals surface area contributed by atoms with E-state index in [1.807, 2.05) is 36.1 Å². The number of carbonyl (C=O) groups is 1. The fourth-order valence-electron chi connectivity index (χ4n) is 3.42. The number of ether oxygens (including phenoxy) is 1. The molecule has 0 bridgehead atoms. The van der Waals surface area contributed by atoms with Crippen LogP contribution in [0.1, 0.15) is 46.9 Å². The zero-order valence-electron chi connectivity index (χ0n) is 15.8. The lowest BCUT2D eigenvalue weighted by molar-refractivity contribution is 0.0714. The summed E-state index contributed by atoms with van der Waals surface area (Å²) in [6.45, 7) is 3.29. The van der Waals surface area contributed by atoms with Crippen LogP contribution in [0.25, 0.3) is 11.5 Å². The number of benzene rings is 1. The van der Waals surface area contributed by atoms with Crippen molar-refractivity contribution >= 4 is 17.4 Å². The number of likely N-dealkylation sites (tertiary alicyclic amines) is 1. The van der Waals surface area contributed by atoms with Crippen molar-refractivity contribution in [3.63, 3.8) is 0 Å². The fraction of sp³-hybridized carbons (Fsp3) is 0.421. The second-order valence-electron chi connectivity index (χ2n) is 6.63. The number of hydrogen-bond donors (Lipinski definition) is 0. The van der Waals surface area contributed by atoms with Crippen molar-refractivity contribution < 1.29 is 14.1 Å². The Balaban J connectivity index is 1.43. The van der Waals surface area contributed by atoms with Gasteiger partial charge in [-0.05, 0) is 42.9 Å². The Labute approximate surface area is 166 Å². The Morgan fingerprint density at radius 2 is 2.11 bits per heavy atom. The average molecular weight is 399 g/mol. The van der Waals surface area contributed by atoms with Gasteiger partial charge in [0.2, 0.25) is 0 Å². The minimum absolute atomic E-state index is 0.0214. The van der Waals surface area contributed by atoms with Crippen LogP contribution in [0.2, 0.25) is 0 Å². The molecule has 0 spiro atoms. The Hall–Kier alpha value is -2.81. The van der Waals surface area contributed by atoms with Gasteiger partial charge in [0.1, 0.15) is 10.6 Å². The van der Waals surface area contributed by atoms with Gasteiger partial charge < -0.3 is 14.2 Å². The predicted octanol–water partition coefficient (Wildman–Crippen LogP) is 3.18. The first-order chi connectivity index (χ1) is 13.7. The smallest absolute Gasteiger partial charge is 0.267 e. The van der Waals surface area contributed by atoms with Crippen molar-refractivity contribution in [1.82, 2.24) is 24.6 Å². The topological polar surface area (TPSA) is 94.2 Å². The van der Waals surface area contributed by atoms with E-state index in [-0.39, 0.29) is 11.8 Å². The second-order valence-corrected chi connectivity index (χ2v) is 7.38. The van der Waals surface area contributed by atoms with Gasteiger partial charge in [-0.15, -0.1) is 5.10 Å². The maximum absolute atomic E-state index is 12.7. The number of rotatable bonds is 5. The highest BCUT2D eigenvalue weighted by Crippen LogP contribution is 2.32.